The second kappa shape index (κ2) is 7.66. The topological polar surface area (TPSA) is 107 Å². The molecule has 21 heavy (non-hydrogen) atoms. The average molecular weight is 296 g/mol. The van der Waals surface area contributed by atoms with E-state index in [9.17, 15) is 14.7 Å². The van der Waals surface area contributed by atoms with Crippen molar-refractivity contribution in [1.29, 1.82) is 0 Å². The fourth-order valence-corrected chi connectivity index (χ4v) is 2.27. The molecule has 0 saturated heterocycles. The van der Waals surface area contributed by atoms with Crippen molar-refractivity contribution in [2.45, 2.75) is 58.0 Å². The van der Waals surface area contributed by atoms with E-state index in [-0.39, 0.29) is 12.0 Å². The summed E-state index contributed by atoms with van der Waals surface area (Å²) in [6.45, 7) is 6.02. The van der Waals surface area contributed by atoms with Crippen LogP contribution in [0.25, 0.3) is 0 Å². The number of aliphatic carboxylic acids is 1. The fraction of sp³-hybridized carbons (Fsp3) is 0.643. The summed E-state index contributed by atoms with van der Waals surface area (Å²) in [6, 6.07) is -1.44. The molecule has 1 rings (SSSR count). The monoisotopic (exact) mass is 296 g/mol. The molecule has 118 valence electrons. The average Bonchev–Trinajstić information content (AvgIpc) is 2.97. The molecule has 1 heterocycles. The zero-order valence-corrected chi connectivity index (χ0v) is 12.8. The smallest absolute Gasteiger partial charge is 0.326 e. The van der Waals surface area contributed by atoms with Crippen LogP contribution in [0.4, 0.5) is 4.79 Å². The van der Waals surface area contributed by atoms with Crippen molar-refractivity contribution in [3.05, 3.63) is 18.2 Å². The molecular formula is C14H24N4O3. The van der Waals surface area contributed by atoms with Gasteiger partial charge in [-0.25, -0.2) is 14.6 Å². The Morgan fingerprint density at radius 2 is 1.95 bits per heavy atom. The first kappa shape index (κ1) is 17.0. The molecule has 0 aliphatic heterocycles. The van der Waals surface area contributed by atoms with Crippen molar-refractivity contribution < 1.29 is 14.7 Å². The third-order valence-corrected chi connectivity index (χ3v) is 3.99. The minimum Gasteiger partial charge on any atom is -0.480 e. The molecule has 0 fully saturated rings. The quantitative estimate of drug-likeness (QED) is 0.585. The zero-order valence-electron chi connectivity index (χ0n) is 12.8. The largest absolute Gasteiger partial charge is 0.480 e. The van der Waals surface area contributed by atoms with Crippen molar-refractivity contribution in [3.63, 3.8) is 0 Å². The van der Waals surface area contributed by atoms with Gasteiger partial charge in [0.25, 0.3) is 0 Å². The van der Waals surface area contributed by atoms with Gasteiger partial charge in [0.1, 0.15) is 6.04 Å². The van der Waals surface area contributed by atoms with Crippen LogP contribution in [0.15, 0.2) is 12.5 Å². The molecule has 0 aliphatic carbocycles. The zero-order chi connectivity index (χ0) is 15.9. The summed E-state index contributed by atoms with van der Waals surface area (Å²) in [5.74, 6) is -1.07. The Labute approximate surface area is 124 Å². The number of rotatable bonds is 8. The van der Waals surface area contributed by atoms with Crippen LogP contribution in [0.1, 0.15) is 45.7 Å². The van der Waals surface area contributed by atoms with Crippen molar-refractivity contribution in [1.82, 2.24) is 20.6 Å². The van der Waals surface area contributed by atoms with Crippen molar-refractivity contribution in [2.75, 3.05) is 0 Å². The van der Waals surface area contributed by atoms with Crippen LogP contribution in [0.5, 0.6) is 0 Å². The highest BCUT2D eigenvalue weighted by Crippen LogP contribution is 2.18. The van der Waals surface area contributed by atoms with E-state index < -0.39 is 18.0 Å². The number of imidazole rings is 1. The van der Waals surface area contributed by atoms with Gasteiger partial charge in [0, 0.05) is 23.9 Å². The number of nitrogens with one attached hydrogen (secondary N) is 3. The molecule has 2 amide bonds. The highest BCUT2D eigenvalue weighted by molar-refractivity contribution is 5.83. The van der Waals surface area contributed by atoms with Gasteiger partial charge in [0.15, 0.2) is 0 Å². The number of aromatic nitrogens is 2. The highest BCUT2D eigenvalue weighted by atomic mass is 16.4. The Morgan fingerprint density at radius 3 is 2.38 bits per heavy atom. The molecule has 0 unspecified atom stereocenters. The molecule has 1 aromatic rings. The van der Waals surface area contributed by atoms with Crippen LogP contribution in [0.3, 0.4) is 0 Å². The van der Waals surface area contributed by atoms with Crippen molar-refractivity contribution >= 4 is 12.0 Å². The SMILES string of the molecule is CCC(CC)(CC)NC(=O)N[C@H](Cc1cnc[nH]1)C(=O)O. The summed E-state index contributed by atoms with van der Waals surface area (Å²) >= 11 is 0. The lowest BCUT2D eigenvalue weighted by molar-refractivity contribution is -0.139. The van der Waals surface area contributed by atoms with Crippen LogP contribution in [0, 0.1) is 0 Å². The number of amides is 2. The van der Waals surface area contributed by atoms with Crippen LogP contribution >= 0.6 is 0 Å². The van der Waals surface area contributed by atoms with Crippen molar-refractivity contribution in [2.24, 2.45) is 0 Å². The van der Waals surface area contributed by atoms with Crippen LogP contribution in [-0.2, 0) is 11.2 Å². The predicted octanol–water partition coefficient (Wildman–Crippen LogP) is 1.67. The number of hydrogen-bond acceptors (Lipinski definition) is 3. The second-order valence-corrected chi connectivity index (χ2v) is 5.11. The molecule has 0 bridgehead atoms. The Kier molecular flexibility index (Phi) is 6.20. The molecular weight excluding hydrogens is 272 g/mol. The van der Waals surface area contributed by atoms with Gasteiger partial charge in [-0.05, 0) is 19.3 Å². The Balaban J connectivity index is 2.66. The minimum atomic E-state index is -1.07. The van der Waals surface area contributed by atoms with Gasteiger partial charge in [-0.2, -0.15) is 0 Å². The lowest BCUT2D eigenvalue weighted by Crippen LogP contribution is -2.55. The second-order valence-electron chi connectivity index (χ2n) is 5.11. The van der Waals surface area contributed by atoms with E-state index in [1.54, 1.807) is 6.20 Å². The summed E-state index contributed by atoms with van der Waals surface area (Å²) in [5, 5.41) is 14.6. The Morgan fingerprint density at radius 1 is 1.33 bits per heavy atom. The van der Waals surface area contributed by atoms with Crippen LogP contribution in [-0.4, -0.2) is 38.7 Å². The maximum atomic E-state index is 12.1. The standard InChI is InChI=1S/C14H24N4O3/c1-4-14(5-2,6-3)18-13(21)17-11(12(19)20)7-10-8-15-9-16-10/h8-9,11H,4-7H2,1-3H3,(H,15,16)(H,19,20)(H2,17,18,21)/t11-/m1/s1. The van der Waals surface area contributed by atoms with Crippen LogP contribution in [0.2, 0.25) is 0 Å². The Hall–Kier alpha value is -2.05. The van der Waals surface area contributed by atoms with Gasteiger partial charge >= 0.3 is 12.0 Å². The van der Waals surface area contributed by atoms with E-state index in [4.69, 9.17) is 0 Å². The molecule has 7 heteroatoms. The first-order chi connectivity index (χ1) is 9.96. The maximum Gasteiger partial charge on any atom is 0.326 e. The number of carboxylic acids is 1. The van der Waals surface area contributed by atoms with Crippen LogP contribution < -0.4 is 10.6 Å². The number of aromatic amines is 1. The van der Waals surface area contributed by atoms with E-state index in [2.05, 4.69) is 20.6 Å². The maximum absolute atomic E-state index is 12.1. The third-order valence-electron chi connectivity index (χ3n) is 3.99. The van der Waals surface area contributed by atoms with E-state index in [0.29, 0.717) is 5.69 Å². The van der Waals surface area contributed by atoms with Gasteiger partial charge < -0.3 is 20.7 Å². The lowest BCUT2D eigenvalue weighted by Gasteiger charge is -2.32. The predicted molar refractivity (Wildman–Crippen MR) is 79.0 cm³/mol. The minimum absolute atomic E-state index is 0.167. The van der Waals surface area contributed by atoms with E-state index in [0.717, 1.165) is 19.3 Å². The number of nitrogens with zero attached hydrogens (tertiary/aromatic N) is 1. The third kappa shape index (κ3) is 4.77. The molecule has 1 aromatic heterocycles. The number of H-pyrrole nitrogens is 1. The number of hydrogen-bond donors (Lipinski definition) is 4. The number of carbonyl (C=O) groups excluding carboxylic acids is 1. The summed E-state index contributed by atoms with van der Waals surface area (Å²) < 4.78 is 0. The summed E-state index contributed by atoms with van der Waals surface area (Å²) in [5.41, 5.74) is 0.372. The summed E-state index contributed by atoms with van der Waals surface area (Å²) in [6.07, 6.45) is 5.58. The molecule has 0 aliphatic rings. The van der Waals surface area contributed by atoms with Gasteiger partial charge in [0.05, 0.1) is 6.33 Å². The molecule has 4 N–H and O–H groups in total. The molecule has 0 saturated carbocycles. The molecule has 7 nitrogen and oxygen atoms in total. The number of urea groups is 1. The normalized spacial score (nSPS) is 12.7. The number of carboxylic acid groups (broad SMARTS) is 1. The molecule has 1 atom stereocenters. The lowest BCUT2D eigenvalue weighted by atomic mass is 9.90. The highest BCUT2D eigenvalue weighted by Gasteiger charge is 2.28. The molecule has 0 aromatic carbocycles. The summed E-state index contributed by atoms with van der Waals surface area (Å²) in [7, 11) is 0. The van der Waals surface area contributed by atoms with Gasteiger partial charge in [-0.3, -0.25) is 0 Å². The Bertz CT molecular complexity index is 447. The molecule has 0 radical (unpaired) electrons. The van der Waals surface area contributed by atoms with Gasteiger partial charge in [-0.15, -0.1) is 0 Å². The van der Waals surface area contributed by atoms with Crippen molar-refractivity contribution in [3.8, 4) is 0 Å². The van der Waals surface area contributed by atoms with Gasteiger partial charge in [-0.1, -0.05) is 20.8 Å². The first-order valence-electron chi connectivity index (χ1n) is 7.25. The molecule has 0 spiro atoms. The van der Waals surface area contributed by atoms with E-state index >= 15 is 0 Å². The van der Waals surface area contributed by atoms with E-state index in [1.807, 2.05) is 20.8 Å². The fourth-order valence-electron chi connectivity index (χ4n) is 2.27. The summed E-state index contributed by atoms with van der Waals surface area (Å²) in [4.78, 5) is 30.0. The number of carbonyl (C=O) groups is 2. The van der Waals surface area contributed by atoms with Gasteiger partial charge in [0.2, 0.25) is 0 Å². The first-order valence-corrected chi connectivity index (χ1v) is 7.25. The van der Waals surface area contributed by atoms with E-state index in [1.165, 1.54) is 6.33 Å².